The number of aromatic nitrogens is 4. The summed E-state index contributed by atoms with van der Waals surface area (Å²) in [5.74, 6) is -0.0139. The van der Waals surface area contributed by atoms with Gasteiger partial charge in [0.25, 0.3) is 5.78 Å². The summed E-state index contributed by atoms with van der Waals surface area (Å²) in [5.41, 5.74) is 1.53. The fraction of sp³-hybridized carbons (Fsp3) is 0.400. The van der Waals surface area contributed by atoms with Gasteiger partial charge < -0.3 is 4.90 Å². The Hall–Kier alpha value is -2.81. The minimum absolute atomic E-state index is 0.0469. The first-order valence-corrected chi connectivity index (χ1v) is 11.5. The number of rotatable bonds is 4. The molecular formula is C20H23N5O3S. The van der Waals surface area contributed by atoms with Crippen LogP contribution >= 0.6 is 0 Å². The lowest BCUT2D eigenvalue weighted by molar-refractivity contribution is -0.133. The molecule has 29 heavy (non-hydrogen) atoms. The van der Waals surface area contributed by atoms with Gasteiger partial charge in [-0.25, -0.2) is 13.4 Å². The molecule has 1 aliphatic rings. The molecule has 0 N–H and O–H groups in total. The van der Waals surface area contributed by atoms with Gasteiger partial charge in [-0.15, -0.1) is 0 Å². The van der Waals surface area contributed by atoms with Gasteiger partial charge in [0.2, 0.25) is 5.91 Å². The van der Waals surface area contributed by atoms with Crippen molar-refractivity contribution in [3.05, 3.63) is 54.1 Å². The highest BCUT2D eigenvalue weighted by molar-refractivity contribution is 7.90. The van der Waals surface area contributed by atoms with Crippen molar-refractivity contribution in [2.45, 2.75) is 36.5 Å². The van der Waals surface area contributed by atoms with Crippen LogP contribution in [-0.2, 0) is 14.6 Å². The summed E-state index contributed by atoms with van der Waals surface area (Å²) < 4.78 is 26.3. The molecule has 4 rings (SSSR count). The maximum atomic E-state index is 13.1. The molecule has 1 aromatic carbocycles. The number of hydrogen-bond acceptors (Lipinski definition) is 6. The minimum atomic E-state index is -3.50. The Kier molecular flexibility index (Phi) is 5.08. The lowest BCUT2D eigenvalue weighted by atomic mass is 9.92. The summed E-state index contributed by atoms with van der Waals surface area (Å²) >= 11 is 0. The molecule has 3 aromatic rings. The summed E-state index contributed by atoms with van der Waals surface area (Å²) in [4.78, 5) is 23.3. The zero-order valence-electron chi connectivity index (χ0n) is 16.4. The van der Waals surface area contributed by atoms with Crippen LogP contribution in [0.5, 0.6) is 0 Å². The van der Waals surface area contributed by atoms with Crippen molar-refractivity contribution in [2.24, 2.45) is 0 Å². The Morgan fingerprint density at radius 1 is 1.21 bits per heavy atom. The zero-order valence-corrected chi connectivity index (χ0v) is 17.2. The van der Waals surface area contributed by atoms with Crippen LogP contribution in [0.1, 0.15) is 42.9 Å². The average Bonchev–Trinajstić information content (AvgIpc) is 3.21. The van der Waals surface area contributed by atoms with E-state index < -0.39 is 9.84 Å². The van der Waals surface area contributed by atoms with Crippen molar-refractivity contribution >= 4 is 21.5 Å². The number of sulfone groups is 1. The second kappa shape index (κ2) is 7.55. The number of likely N-dealkylation sites (tertiary alicyclic amines) is 1. The smallest absolute Gasteiger partial charge is 0.252 e. The van der Waals surface area contributed by atoms with E-state index in [9.17, 15) is 13.2 Å². The van der Waals surface area contributed by atoms with Gasteiger partial charge in [0.1, 0.15) is 11.2 Å². The topological polar surface area (TPSA) is 97.5 Å². The van der Waals surface area contributed by atoms with E-state index in [4.69, 9.17) is 0 Å². The largest absolute Gasteiger partial charge is 0.342 e. The maximum absolute atomic E-state index is 13.1. The van der Waals surface area contributed by atoms with E-state index >= 15 is 0 Å². The second-order valence-corrected chi connectivity index (χ2v) is 9.49. The maximum Gasteiger partial charge on any atom is 0.252 e. The Labute approximate surface area is 169 Å². The summed E-state index contributed by atoms with van der Waals surface area (Å²) in [6, 6.07) is 9.68. The van der Waals surface area contributed by atoms with Gasteiger partial charge in [-0.1, -0.05) is 30.3 Å². The quantitative estimate of drug-likeness (QED) is 0.649. The molecule has 0 bridgehead atoms. The number of fused-ring (bicyclic) bond motifs is 1. The predicted molar refractivity (Wildman–Crippen MR) is 107 cm³/mol. The first-order chi connectivity index (χ1) is 13.9. The number of carbonyl (C=O) groups excluding carboxylic acids is 1. The monoisotopic (exact) mass is 413 g/mol. The number of hydrogen-bond donors (Lipinski definition) is 0. The van der Waals surface area contributed by atoms with Crippen LogP contribution in [0.4, 0.5) is 0 Å². The number of carbonyl (C=O) groups is 1. The molecule has 0 unspecified atom stereocenters. The fourth-order valence-corrected chi connectivity index (χ4v) is 4.88. The van der Waals surface area contributed by atoms with Crippen LogP contribution in [0.25, 0.3) is 5.78 Å². The second-order valence-electron chi connectivity index (χ2n) is 7.51. The molecule has 3 heterocycles. The van der Waals surface area contributed by atoms with Crippen molar-refractivity contribution in [2.75, 3.05) is 19.3 Å². The first kappa shape index (κ1) is 19.5. The van der Waals surface area contributed by atoms with Crippen LogP contribution in [-0.4, -0.2) is 58.2 Å². The lowest BCUT2D eigenvalue weighted by Crippen LogP contribution is -2.41. The highest BCUT2D eigenvalue weighted by atomic mass is 32.2. The molecule has 9 heteroatoms. The van der Waals surface area contributed by atoms with Gasteiger partial charge in [0.15, 0.2) is 9.84 Å². The van der Waals surface area contributed by atoms with Crippen molar-refractivity contribution in [3.63, 3.8) is 0 Å². The van der Waals surface area contributed by atoms with Crippen LogP contribution < -0.4 is 0 Å². The number of benzene rings is 1. The molecule has 8 nitrogen and oxygen atoms in total. The third-order valence-electron chi connectivity index (χ3n) is 5.50. The van der Waals surface area contributed by atoms with Crippen molar-refractivity contribution in [1.29, 1.82) is 0 Å². The van der Waals surface area contributed by atoms with Crippen molar-refractivity contribution in [1.82, 2.24) is 24.5 Å². The molecule has 0 aliphatic carbocycles. The van der Waals surface area contributed by atoms with Crippen molar-refractivity contribution < 1.29 is 13.2 Å². The molecule has 1 fully saturated rings. The summed E-state index contributed by atoms with van der Waals surface area (Å²) in [6.07, 6.45) is 5.44. The van der Waals surface area contributed by atoms with Crippen LogP contribution in [0.2, 0.25) is 0 Å². The van der Waals surface area contributed by atoms with Gasteiger partial charge in [-0.3, -0.25) is 4.79 Å². The third-order valence-corrected chi connectivity index (χ3v) is 6.61. The minimum Gasteiger partial charge on any atom is -0.342 e. The van der Waals surface area contributed by atoms with E-state index in [2.05, 4.69) is 15.1 Å². The van der Waals surface area contributed by atoms with E-state index in [1.807, 2.05) is 42.2 Å². The SMILES string of the molecule is C[C@@H](C(=O)N1CCC[C@@H](c2c(S(C)(=O)=O)cnc3ncnn23)C1)c1ccccc1. The van der Waals surface area contributed by atoms with Gasteiger partial charge >= 0.3 is 0 Å². The molecule has 1 saturated heterocycles. The van der Waals surface area contributed by atoms with Crippen LogP contribution in [0.3, 0.4) is 0 Å². The number of amides is 1. The molecule has 2 aromatic heterocycles. The highest BCUT2D eigenvalue weighted by Crippen LogP contribution is 2.32. The summed E-state index contributed by atoms with van der Waals surface area (Å²) in [7, 11) is -3.50. The molecule has 0 saturated carbocycles. The third kappa shape index (κ3) is 3.74. The Morgan fingerprint density at radius 2 is 1.97 bits per heavy atom. The molecule has 0 radical (unpaired) electrons. The summed E-state index contributed by atoms with van der Waals surface area (Å²) in [6.45, 7) is 3.01. The number of piperidine rings is 1. The Morgan fingerprint density at radius 3 is 2.69 bits per heavy atom. The predicted octanol–water partition coefficient (Wildman–Crippen LogP) is 2.04. The molecule has 0 spiro atoms. The lowest BCUT2D eigenvalue weighted by Gasteiger charge is -2.35. The van der Waals surface area contributed by atoms with E-state index in [0.717, 1.165) is 18.4 Å². The molecule has 152 valence electrons. The standard InChI is InChI=1S/C20H23N5O3S/c1-14(15-7-4-3-5-8-15)19(26)24-10-6-9-16(12-24)18-17(29(2,27)28)11-21-20-22-13-23-25(18)20/h3-5,7-8,11,13-14,16H,6,9-10,12H2,1-2H3/t14-,16-/m1/s1. The van der Waals surface area contributed by atoms with E-state index in [1.54, 1.807) is 0 Å². The molecule has 1 amide bonds. The normalized spacial score (nSPS) is 18.7. The van der Waals surface area contributed by atoms with E-state index in [-0.39, 0.29) is 22.6 Å². The van der Waals surface area contributed by atoms with Gasteiger partial charge in [0, 0.05) is 25.3 Å². The van der Waals surface area contributed by atoms with E-state index in [1.165, 1.54) is 23.3 Å². The zero-order chi connectivity index (χ0) is 20.6. The van der Waals surface area contributed by atoms with Crippen LogP contribution in [0.15, 0.2) is 47.8 Å². The number of nitrogens with zero attached hydrogens (tertiary/aromatic N) is 5. The van der Waals surface area contributed by atoms with Gasteiger partial charge in [-0.05, 0) is 25.3 Å². The Bertz CT molecular complexity index is 1140. The fourth-order valence-electron chi connectivity index (χ4n) is 4.00. The average molecular weight is 414 g/mol. The van der Waals surface area contributed by atoms with Gasteiger partial charge in [0.05, 0.1) is 17.8 Å². The molecule has 1 aliphatic heterocycles. The first-order valence-electron chi connectivity index (χ1n) is 9.58. The Balaban J connectivity index is 1.67. The molecular weight excluding hydrogens is 390 g/mol. The van der Waals surface area contributed by atoms with Gasteiger partial charge in [-0.2, -0.15) is 14.6 Å². The summed E-state index contributed by atoms with van der Waals surface area (Å²) in [5, 5.41) is 4.20. The molecule has 2 atom stereocenters. The van der Waals surface area contributed by atoms with Crippen molar-refractivity contribution in [3.8, 4) is 0 Å². The van der Waals surface area contributed by atoms with Crippen LogP contribution in [0, 0.1) is 0 Å². The van der Waals surface area contributed by atoms with E-state index in [0.29, 0.717) is 24.6 Å². The highest BCUT2D eigenvalue weighted by Gasteiger charge is 2.32.